The summed E-state index contributed by atoms with van der Waals surface area (Å²) >= 11 is 0. The SMILES string of the molecule is CS(=O)(=O)CC(=O)N(CCC#N)C1CC1. The average Bonchev–Trinajstić information content (AvgIpc) is 2.85. The zero-order valence-corrected chi connectivity index (χ0v) is 9.46. The van der Waals surface area contributed by atoms with Crippen LogP contribution >= 0.6 is 0 Å². The number of nitriles is 1. The van der Waals surface area contributed by atoms with Crippen LogP contribution in [0.15, 0.2) is 0 Å². The molecule has 0 aromatic heterocycles. The Morgan fingerprint density at radius 2 is 2.13 bits per heavy atom. The Balaban J connectivity index is 2.56. The van der Waals surface area contributed by atoms with Gasteiger partial charge in [0.25, 0.3) is 0 Å². The van der Waals surface area contributed by atoms with Crippen molar-refractivity contribution in [2.24, 2.45) is 0 Å². The van der Waals surface area contributed by atoms with Crippen molar-refractivity contribution in [3.05, 3.63) is 0 Å². The van der Waals surface area contributed by atoms with Gasteiger partial charge in [0.2, 0.25) is 5.91 Å². The molecule has 0 N–H and O–H groups in total. The van der Waals surface area contributed by atoms with Crippen molar-refractivity contribution in [1.29, 1.82) is 5.26 Å². The minimum absolute atomic E-state index is 0.160. The molecule has 0 aliphatic heterocycles. The fourth-order valence-electron chi connectivity index (χ4n) is 1.37. The van der Waals surface area contributed by atoms with E-state index in [1.165, 1.54) is 4.90 Å². The molecule has 0 saturated heterocycles. The minimum Gasteiger partial charge on any atom is -0.338 e. The predicted octanol–water partition coefficient (Wildman–Crippen LogP) is -0.0643. The number of hydrogen-bond acceptors (Lipinski definition) is 4. The molecule has 1 saturated carbocycles. The van der Waals surface area contributed by atoms with Gasteiger partial charge >= 0.3 is 0 Å². The Kier molecular flexibility index (Phi) is 3.69. The van der Waals surface area contributed by atoms with E-state index in [1.807, 2.05) is 6.07 Å². The van der Waals surface area contributed by atoms with E-state index in [0.717, 1.165) is 19.1 Å². The number of sulfone groups is 1. The minimum atomic E-state index is -3.27. The van der Waals surface area contributed by atoms with Crippen LogP contribution in [0.4, 0.5) is 0 Å². The lowest BCUT2D eigenvalue weighted by molar-refractivity contribution is -0.128. The standard InChI is InChI=1S/C9H14N2O3S/c1-15(13,14)7-9(12)11(6-2-5-10)8-3-4-8/h8H,2-4,6-7H2,1H3. The first kappa shape index (κ1) is 12.0. The van der Waals surface area contributed by atoms with Crippen LogP contribution in [0.5, 0.6) is 0 Å². The van der Waals surface area contributed by atoms with E-state index in [2.05, 4.69) is 0 Å². The number of amides is 1. The van der Waals surface area contributed by atoms with Gasteiger partial charge in [0.1, 0.15) is 5.75 Å². The molecular weight excluding hydrogens is 216 g/mol. The third-order valence-electron chi connectivity index (χ3n) is 2.16. The van der Waals surface area contributed by atoms with Gasteiger partial charge in [-0.1, -0.05) is 0 Å². The molecule has 15 heavy (non-hydrogen) atoms. The summed E-state index contributed by atoms with van der Waals surface area (Å²) in [6.45, 7) is 0.343. The molecule has 0 unspecified atom stereocenters. The third-order valence-corrected chi connectivity index (χ3v) is 2.93. The molecule has 1 rings (SSSR count). The molecule has 1 amide bonds. The molecule has 0 atom stereocenters. The van der Waals surface area contributed by atoms with Crippen molar-refractivity contribution >= 4 is 15.7 Å². The maximum atomic E-state index is 11.6. The highest BCUT2D eigenvalue weighted by Gasteiger charge is 2.33. The highest BCUT2D eigenvalue weighted by Crippen LogP contribution is 2.27. The van der Waals surface area contributed by atoms with Crippen LogP contribution in [-0.4, -0.2) is 43.8 Å². The van der Waals surface area contributed by atoms with Crippen molar-refractivity contribution < 1.29 is 13.2 Å². The molecule has 0 spiro atoms. The lowest BCUT2D eigenvalue weighted by Crippen LogP contribution is -2.37. The van der Waals surface area contributed by atoms with Crippen LogP contribution in [0, 0.1) is 11.3 Å². The number of hydrogen-bond donors (Lipinski definition) is 0. The van der Waals surface area contributed by atoms with Gasteiger partial charge in [0.05, 0.1) is 12.5 Å². The van der Waals surface area contributed by atoms with Crippen molar-refractivity contribution in [3.8, 4) is 6.07 Å². The molecule has 0 heterocycles. The van der Waals surface area contributed by atoms with Crippen molar-refractivity contribution in [3.63, 3.8) is 0 Å². The molecule has 0 aromatic carbocycles. The van der Waals surface area contributed by atoms with Gasteiger partial charge in [-0.3, -0.25) is 4.79 Å². The number of carbonyl (C=O) groups excluding carboxylic acids is 1. The van der Waals surface area contributed by atoms with Crippen LogP contribution in [0.1, 0.15) is 19.3 Å². The van der Waals surface area contributed by atoms with E-state index in [-0.39, 0.29) is 18.4 Å². The van der Waals surface area contributed by atoms with Gasteiger partial charge in [-0.25, -0.2) is 8.42 Å². The second-order valence-electron chi connectivity index (χ2n) is 3.80. The Bertz CT molecular complexity index is 379. The van der Waals surface area contributed by atoms with Crippen LogP contribution in [0.3, 0.4) is 0 Å². The molecule has 5 nitrogen and oxygen atoms in total. The molecule has 0 radical (unpaired) electrons. The highest BCUT2D eigenvalue weighted by atomic mass is 32.2. The summed E-state index contributed by atoms with van der Waals surface area (Å²) in [6, 6.07) is 2.12. The number of rotatable bonds is 5. The molecule has 1 aliphatic rings. The van der Waals surface area contributed by atoms with Gasteiger partial charge in [0.15, 0.2) is 9.84 Å². The zero-order valence-electron chi connectivity index (χ0n) is 8.64. The number of nitrogens with zero attached hydrogens (tertiary/aromatic N) is 2. The summed E-state index contributed by atoms with van der Waals surface area (Å²) in [5.74, 6) is -0.829. The van der Waals surface area contributed by atoms with Gasteiger partial charge < -0.3 is 4.90 Å². The summed E-state index contributed by atoms with van der Waals surface area (Å²) in [4.78, 5) is 13.1. The van der Waals surface area contributed by atoms with E-state index >= 15 is 0 Å². The summed E-state index contributed by atoms with van der Waals surface area (Å²) < 4.78 is 21.9. The third kappa shape index (κ3) is 4.30. The van der Waals surface area contributed by atoms with E-state index in [1.54, 1.807) is 0 Å². The Morgan fingerprint density at radius 1 is 1.53 bits per heavy atom. The maximum absolute atomic E-state index is 11.6. The monoisotopic (exact) mass is 230 g/mol. The zero-order chi connectivity index (χ0) is 11.5. The largest absolute Gasteiger partial charge is 0.338 e. The summed E-state index contributed by atoms with van der Waals surface area (Å²) in [5, 5.41) is 8.43. The molecule has 1 fully saturated rings. The second kappa shape index (κ2) is 4.62. The maximum Gasteiger partial charge on any atom is 0.238 e. The smallest absolute Gasteiger partial charge is 0.238 e. The van der Waals surface area contributed by atoms with E-state index < -0.39 is 15.6 Å². The summed E-state index contributed by atoms with van der Waals surface area (Å²) in [7, 11) is -3.27. The van der Waals surface area contributed by atoms with Gasteiger partial charge in [0, 0.05) is 18.8 Å². The van der Waals surface area contributed by atoms with Gasteiger partial charge in [-0.2, -0.15) is 5.26 Å². The normalized spacial score (nSPS) is 15.7. The quantitative estimate of drug-likeness (QED) is 0.662. The second-order valence-corrected chi connectivity index (χ2v) is 5.94. The highest BCUT2D eigenvalue weighted by molar-refractivity contribution is 7.91. The van der Waals surface area contributed by atoms with Crippen LogP contribution in [0.2, 0.25) is 0 Å². The van der Waals surface area contributed by atoms with E-state index in [9.17, 15) is 13.2 Å². The molecule has 0 bridgehead atoms. The summed E-state index contributed by atoms with van der Waals surface area (Å²) in [6.07, 6.45) is 3.13. The first-order chi connectivity index (χ1) is 6.94. The Morgan fingerprint density at radius 3 is 2.53 bits per heavy atom. The van der Waals surface area contributed by atoms with E-state index in [0.29, 0.717) is 6.54 Å². The lowest BCUT2D eigenvalue weighted by Gasteiger charge is -2.20. The van der Waals surface area contributed by atoms with Crippen LogP contribution in [0.25, 0.3) is 0 Å². The van der Waals surface area contributed by atoms with Crippen molar-refractivity contribution in [1.82, 2.24) is 4.90 Å². The van der Waals surface area contributed by atoms with Crippen molar-refractivity contribution in [2.45, 2.75) is 25.3 Å². The Hall–Kier alpha value is -1.09. The topological polar surface area (TPSA) is 78.2 Å². The van der Waals surface area contributed by atoms with Crippen LogP contribution in [-0.2, 0) is 14.6 Å². The number of carbonyl (C=O) groups is 1. The van der Waals surface area contributed by atoms with E-state index in [4.69, 9.17) is 5.26 Å². The van der Waals surface area contributed by atoms with Gasteiger partial charge in [-0.05, 0) is 12.8 Å². The molecular formula is C9H14N2O3S. The van der Waals surface area contributed by atoms with Gasteiger partial charge in [-0.15, -0.1) is 0 Å². The molecule has 0 aromatic rings. The average molecular weight is 230 g/mol. The first-order valence-corrected chi connectivity index (χ1v) is 6.84. The fraction of sp³-hybridized carbons (Fsp3) is 0.778. The molecule has 1 aliphatic carbocycles. The molecule has 6 heteroatoms. The fourth-order valence-corrected chi connectivity index (χ4v) is 1.99. The predicted molar refractivity (Wildman–Crippen MR) is 54.7 cm³/mol. The van der Waals surface area contributed by atoms with Crippen molar-refractivity contribution in [2.75, 3.05) is 18.6 Å². The molecule has 84 valence electrons. The first-order valence-electron chi connectivity index (χ1n) is 4.78. The van der Waals surface area contributed by atoms with Crippen LogP contribution < -0.4 is 0 Å². The Labute approximate surface area is 89.6 Å². The lowest BCUT2D eigenvalue weighted by atomic mass is 10.4. The summed E-state index contributed by atoms with van der Waals surface area (Å²) in [5.41, 5.74) is 0.